The first-order valence-corrected chi connectivity index (χ1v) is 12.7. The van der Waals surface area contributed by atoms with Crippen LogP contribution in [0.2, 0.25) is 5.02 Å². The van der Waals surface area contributed by atoms with E-state index in [2.05, 4.69) is 28.9 Å². The number of hydrogen-bond acceptors (Lipinski definition) is 5. The van der Waals surface area contributed by atoms with Crippen LogP contribution in [0.15, 0.2) is 60.7 Å². The minimum atomic E-state index is -0.0948. The number of amides is 2. The fraction of sp³-hybridized carbons (Fsp3) is 0.357. The van der Waals surface area contributed by atoms with Crippen molar-refractivity contribution < 1.29 is 9.59 Å². The summed E-state index contributed by atoms with van der Waals surface area (Å²) in [7, 11) is 0. The molecule has 0 unspecified atom stereocenters. The van der Waals surface area contributed by atoms with Crippen LogP contribution in [0, 0.1) is 12.8 Å². The average molecular weight is 506 g/mol. The third kappa shape index (κ3) is 6.02. The van der Waals surface area contributed by atoms with E-state index in [9.17, 15) is 9.59 Å². The molecule has 4 rings (SSSR count). The molecule has 8 heteroatoms. The van der Waals surface area contributed by atoms with Gasteiger partial charge in [-0.2, -0.15) is 0 Å². The Morgan fingerprint density at radius 3 is 2.28 bits per heavy atom. The molecule has 36 heavy (non-hydrogen) atoms. The molecule has 1 saturated heterocycles. The molecule has 188 valence electrons. The average Bonchev–Trinajstić information content (AvgIpc) is 2.88. The first-order valence-electron chi connectivity index (χ1n) is 12.3. The number of halogens is 1. The van der Waals surface area contributed by atoms with Gasteiger partial charge in [0.2, 0.25) is 5.91 Å². The highest BCUT2D eigenvalue weighted by Crippen LogP contribution is 2.26. The fourth-order valence-corrected chi connectivity index (χ4v) is 4.63. The van der Waals surface area contributed by atoms with Gasteiger partial charge in [0.25, 0.3) is 5.91 Å². The van der Waals surface area contributed by atoms with E-state index in [1.807, 2.05) is 72.5 Å². The van der Waals surface area contributed by atoms with Crippen LogP contribution in [0.5, 0.6) is 0 Å². The van der Waals surface area contributed by atoms with E-state index < -0.39 is 0 Å². The van der Waals surface area contributed by atoms with Crippen LogP contribution >= 0.6 is 11.6 Å². The molecule has 0 spiro atoms. The Labute approximate surface area is 217 Å². The lowest BCUT2D eigenvalue weighted by molar-refractivity contribution is -0.132. The predicted molar refractivity (Wildman–Crippen MR) is 143 cm³/mol. The van der Waals surface area contributed by atoms with Gasteiger partial charge in [-0.15, -0.1) is 10.2 Å². The molecule has 2 aromatic carbocycles. The third-order valence-corrected chi connectivity index (χ3v) is 6.66. The van der Waals surface area contributed by atoms with Crippen LogP contribution in [0.1, 0.15) is 29.8 Å². The van der Waals surface area contributed by atoms with Crippen LogP contribution in [-0.4, -0.2) is 71.1 Å². The Bertz CT molecular complexity index is 1210. The van der Waals surface area contributed by atoms with Gasteiger partial charge in [-0.1, -0.05) is 61.8 Å². The summed E-state index contributed by atoms with van der Waals surface area (Å²) in [6.07, 6.45) is 0. The van der Waals surface area contributed by atoms with Crippen molar-refractivity contribution in [2.75, 3.05) is 44.2 Å². The van der Waals surface area contributed by atoms with Gasteiger partial charge in [-0.3, -0.25) is 9.59 Å². The number of anilines is 1. The van der Waals surface area contributed by atoms with Gasteiger partial charge in [0, 0.05) is 43.9 Å². The number of rotatable bonds is 7. The minimum absolute atomic E-state index is 0.0302. The number of aryl methyl sites for hydroxylation is 1. The maximum Gasteiger partial charge on any atom is 0.254 e. The van der Waals surface area contributed by atoms with Crippen molar-refractivity contribution in [1.82, 2.24) is 20.0 Å². The molecule has 1 fully saturated rings. The van der Waals surface area contributed by atoms with Crippen LogP contribution in [0.4, 0.5) is 5.82 Å². The lowest BCUT2D eigenvalue weighted by Crippen LogP contribution is -2.52. The maximum atomic E-state index is 13.2. The van der Waals surface area contributed by atoms with Crippen molar-refractivity contribution in [2.24, 2.45) is 5.92 Å². The molecule has 0 radical (unpaired) electrons. The zero-order valence-electron chi connectivity index (χ0n) is 21.0. The lowest BCUT2D eigenvalue weighted by atomic mass is 10.1. The summed E-state index contributed by atoms with van der Waals surface area (Å²) >= 11 is 6.28. The van der Waals surface area contributed by atoms with Crippen molar-refractivity contribution in [2.45, 2.75) is 20.8 Å². The van der Waals surface area contributed by atoms with Gasteiger partial charge in [-0.05, 0) is 42.7 Å². The van der Waals surface area contributed by atoms with E-state index >= 15 is 0 Å². The van der Waals surface area contributed by atoms with Crippen molar-refractivity contribution in [3.8, 4) is 11.3 Å². The minimum Gasteiger partial charge on any atom is -0.352 e. The van der Waals surface area contributed by atoms with E-state index in [4.69, 9.17) is 11.6 Å². The maximum absolute atomic E-state index is 13.2. The van der Waals surface area contributed by atoms with Gasteiger partial charge < -0.3 is 14.7 Å². The standard InChI is InChI=1S/C28H32ClN5O2/c1-20(2)18-34(28(36)22-9-5-4-8-21(22)3)19-27(35)33-16-14-32(15-17-33)26-13-12-25(30-31-26)23-10-6-7-11-24(23)29/h4-13,20H,14-19H2,1-3H3. The van der Waals surface area contributed by atoms with E-state index in [1.165, 1.54) is 0 Å². The molecule has 2 heterocycles. The summed E-state index contributed by atoms with van der Waals surface area (Å²) in [5.74, 6) is 0.907. The molecule has 2 amide bonds. The van der Waals surface area contributed by atoms with E-state index in [0.29, 0.717) is 43.3 Å². The monoisotopic (exact) mass is 505 g/mol. The SMILES string of the molecule is Cc1ccccc1C(=O)N(CC(=O)N1CCN(c2ccc(-c3ccccc3Cl)nn2)CC1)CC(C)C. The van der Waals surface area contributed by atoms with E-state index in [-0.39, 0.29) is 24.3 Å². The smallest absolute Gasteiger partial charge is 0.254 e. The van der Waals surface area contributed by atoms with Gasteiger partial charge in [0.1, 0.15) is 6.54 Å². The molecule has 7 nitrogen and oxygen atoms in total. The molecule has 3 aromatic rings. The highest BCUT2D eigenvalue weighted by atomic mass is 35.5. The zero-order chi connectivity index (χ0) is 25.7. The highest BCUT2D eigenvalue weighted by Gasteiger charge is 2.27. The van der Waals surface area contributed by atoms with Gasteiger partial charge in [0.05, 0.1) is 10.7 Å². The van der Waals surface area contributed by atoms with E-state index in [0.717, 1.165) is 22.6 Å². The molecule has 1 aliphatic rings. The molecule has 0 N–H and O–H groups in total. The summed E-state index contributed by atoms with van der Waals surface area (Å²) < 4.78 is 0. The lowest BCUT2D eigenvalue weighted by Gasteiger charge is -2.36. The number of carbonyl (C=O) groups excluding carboxylic acids is 2. The first kappa shape index (κ1) is 25.6. The molecule has 0 aliphatic carbocycles. The Hall–Kier alpha value is -3.45. The molecule has 0 saturated carbocycles. The van der Waals surface area contributed by atoms with Crippen molar-refractivity contribution >= 4 is 29.2 Å². The van der Waals surface area contributed by atoms with Crippen molar-refractivity contribution in [3.05, 3.63) is 76.8 Å². The number of aromatic nitrogens is 2. The summed E-state index contributed by atoms with van der Waals surface area (Å²) in [6.45, 7) is 9.10. The van der Waals surface area contributed by atoms with Crippen molar-refractivity contribution in [1.29, 1.82) is 0 Å². The second-order valence-corrected chi connectivity index (χ2v) is 9.93. The van der Waals surface area contributed by atoms with E-state index in [1.54, 1.807) is 4.90 Å². The van der Waals surface area contributed by atoms with Crippen LogP contribution < -0.4 is 4.90 Å². The number of piperazine rings is 1. The van der Waals surface area contributed by atoms with Crippen LogP contribution in [0.3, 0.4) is 0 Å². The molecular weight excluding hydrogens is 474 g/mol. The molecule has 0 bridgehead atoms. The Balaban J connectivity index is 1.37. The van der Waals surface area contributed by atoms with Gasteiger partial charge in [-0.25, -0.2) is 0 Å². The molecule has 1 aromatic heterocycles. The zero-order valence-corrected chi connectivity index (χ0v) is 21.8. The Kier molecular flexibility index (Phi) is 8.21. The highest BCUT2D eigenvalue weighted by molar-refractivity contribution is 6.33. The molecule has 0 atom stereocenters. The second-order valence-electron chi connectivity index (χ2n) is 9.52. The molecule has 1 aliphatic heterocycles. The quantitative estimate of drug-likeness (QED) is 0.471. The second kappa shape index (κ2) is 11.5. The number of carbonyl (C=O) groups is 2. The van der Waals surface area contributed by atoms with Gasteiger partial charge in [0.15, 0.2) is 5.82 Å². The predicted octanol–water partition coefficient (Wildman–Crippen LogP) is 4.55. The van der Waals surface area contributed by atoms with Crippen LogP contribution in [0.25, 0.3) is 11.3 Å². The normalized spacial score (nSPS) is 13.7. The summed E-state index contributed by atoms with van der Waals surface area (Å²) in [5.41, 5.74) is 3.13. The van der Waals surface area contributed by atoms with Crippen molar-refractivity contribution in [3.63, 3.8) is 0 Å². The topological polar surface area (TPSA) is 69.6 Å². The number of nitrogens with zero attached hydrogens (tertiary/aromatic N) is 5. The third-order valence-electron chi connectivity index (χ3n) is 6.33. The Morgan fingerprint density at radius 2 is 1.64 bits per heavy atom. The molecular formula is C28H32ClN5O2. The Morgan fingerprint density at radius 1 is 0.944 bits per heavy atom. The number of benzene rings is 2. The largest absolute Gasteiger partial charge is 0.352 e. The first-order chi connectivity index (χ1) is 17.3. The summed E-state index contributed by atoms with van der Waals surface area (Å²) in [5, 5.41) is 9.40. The fourth-order valence-electron chi connectivity index (χ4n) is 4.40. The van der Waals surface area contributed by atoms with Crippen LogP contribution in [-0.2, 0) is 4.79 Å². The summed E-state index contributed by atoms with van der Waals surface area (Å²) in [4.78, 5) is 32.0. The summed E-state index contributed by atoms with van der Waals surface area (Å²) in [6, 6.07) is 18.9. The van der Waals surface area contributed by atoms with Gasteiger partial charge >= 0.3 is 0 Å². The number of hydrogen-bond donors (Lipinski definition) is 0.